The minimum absolute atomic E-state index is 0.0331. The first-order valence-electron chi connectivity index (χ1n) is 8.18. The molecule has 4 heteroatoms. The molecule has 0 saturated heterocycles. The van der Waals surface area contributed by atoms with E-state index in [4.69, 9.17) is 9.47 Å². The molecule has 0 aromatic heterocycles. The molecule has 1 amide bonds. The van der Waals surface area contributed by atoms with Crippen molar-refractivity contribution in [1.29, 1.82) is 0 Å². The largest absolute Gasteiger partial charge is 0.493 e. The molecule has 22 heavy (non-hydrogen) atoms. The van der Waals surface area contributed by atoms with Crippen LogP contribution in [0.5, 0.6) is 11.5 Å². The van der Waals surface area contributed by atoms with E-state index < -0.39 is 0 Å². The van der Waals surface area contributed by atoms with Gasteiger partial charge >= 0.3 is 0 Å². The summed E-state index contributed by atoms with van der Waals surface area (Å²) in [4.78, 5) is 12.6. The summed E-state index contributed by atoms with van der Waals surface area (Å²) in [5.41, 5.74) is 0.620. The van der Waals surface area contributed by atoms with Gasteiger partial charge in [-0.2, -0.15) is 0 Å². The van der Waals surface area contributed by atoms with Gasteiger partial charge in [-0.05, 0) is 49.8 Å². The zero-order valence-electron chi connectivity index (χ0n) is 14.0. The summed E-state index contributed by atoms with van der Waals surface area (Å²) in [5, 5.41) is 3.21. The van der Waals surface area contributed by atoms with E-state index in [-0.39, 0.29) is 11.9 Å². The first-order valence-corrected chi connectivity index (χ1v) is 8.18. The van der Waals surface area contributed by atoms with Crippen LogP contribution in [0, 0.1) is 11.8 Å². The molecular weight excluding hydrogens is 278 g/mol. The second-order valence-corrected chi connectivity index (χ2v) is 6.18. The number of carbonyl (C=O) groups is 1. The Kier molecular flexibility index (Phi) is 5.69. The lowest BCUT2D eigenvalue weighted by molar-refractivity contribution is 0.0880. The van der Waals surface area contributed by atoms with Gasteiger partial charge in [-0.1, -0.05) is 20.3 Å². The molecule has 0 heterocycles. The number of carbonyl (C=O) groups excluding carboxylic acids is 1. The Morgan fingerprint density at radius 3 is 2.50 bits per heavy atom. The third kappa shape index (κ3) is 3.73. The highest BCUT2D eigenvalue weighted by molar-refractivity contribution is 5.95. The second-order valence-electron chi connectivity index (χ2n) is 6.18. The average molecular weight is 305 g/mol. The SMILES string of the molecule is CCOc1cc(C(=O)NC2C(C)CCCC2C)ccc1OC. The van der Waals surface area contributed by atoms with E-state index in [1.165, 1.54) is 19.3 Å². The molecule has 0 radical (unpaired) electrons. The summed E-state index contributed by atoms with van der Waals surface area (Å²) in [6, 6.07) is 5.58. The molecule has 2 rings (SSSR count). The van der Waals surface area contributed by atoms with E-state index >= 15 is 0 Å². The lowest BCUT2D eigenvalue weighted by Crippen LogP contribution is -2.45. The van der Waals surface area contributed by atoms with Crippen LogP contribution in [-0.4, -0.2) is 25.7 Å². The monoisotopic (exact) mass is 305 g/mol. The molecule has 1 aliphatic carbocycles. The molecule has 2 unspecified atom stereocenters. The van der Waals surface area contributed by atoms with Crippen molar-refractivity contribution in [3.63, 3.8) is 0 Å². The van der Waals surface area contributed by atoms with Crippen molar-refractivity contribution < 1.29 is 14.3 Å². The molecular formula is C18H27NO3. The van der Waals surface area contributed by atoms with Gasteiger partial charge in [0.1, 0.15) is 0 Å². The molecule has 0 aliphatic heterocycles. The maximum atomic E-state index is 12.6. The van der Waals surface area contributed by atoms with Gasteiger partial charge in [0.25, 0.3) is 5.91 Å². The Morgan fingerprint density at radius 2 is 1.91 bits per heavy atom. The van der Waals surface area contributed by atoms with Crippen LogP contribution in [0.15, 0.2) is 18.2 Å². The maximum absolute atomic E-state index is 12.6. The number of hydrogen-bond acceptors (Lipinski definition) is 3. The summed E-state index contributed by atoms with van der Waals surface area (Å²) < 4.78 is 10.8. The van der Waals surface area contributed by atoms with Crippen LogP contribution < -0.4 is 14.8 Å². The fourth-order valence-electron chi connectivity index (χ4n) is 3.29. The average Bonchev–Trinajstić information content (AvgIpc) is 2.51. The maximum Gasteiger partial charge on any atom is 0.251 e. The summed E-state index contributed by atoms with van der Waals surface area (Å²) in [6.07, 6.45) is 3.62. The molecule has 1 aromatic carbocycles. The van der Waals surface area contributed by atoms with Crippen LogP contribution in [0.2, 0.25) is 0 Å². The Hall–Kier alpha value is -1.71. The van der Waals surface area contributed by atoms with Crippen molar-refractivity contribution in [2.45, 2.75) is 46.1 Å². The Balaban J connectivity index is 2.13. The number of ether oxygens (including phenoxy) is 2. The van der Waals surface area contributed by atoms with Crippen molar-refractivity contribution in [3.8, 4) is 11.5 Å². The van der Waals surface area contributed by atoms with Crippen molar-refractivity contribution >= 4 is 5.91 Å². The van der Waals surface area contributed by atoms with E-state index in [0.717, 1.165) is 0 Å². The molecule has 0 bridgehead atoms. The number of benzene rings is 1. The van der Waals surface area contributed by atoms with Crippen LogP contribution in [0.4, 0.5) is 0 Å². The molecule has 0 spiro atoms. The minimum Gasteiger partial charge on any atom is -0.493 e. The number of hydrogen-bond donors (Lipinski definition) is 1. The van der Waals surface area contributed by atoms with Gasteiger partial charge in [-0.25, -0.2) is 0 Å². The molecule has 1 aliphatic rings. The van der Waals surface area contributed by atoms with E-state index in [1.807, 2.05) is 6.92 Å². The van der Waals surface area contributed by atoms with Crippen LogP contribution in [0.25, 0.3) is 0 Å². The van der Waals surface area contributed by atoms with Crippen molar-refractivity contribution in [1.82, 2.24) is 5.32 Å². The van der Waals surface area contributed by atoms with Crippen molar-refractivity contribution in [3.05, 3.63) is 23.8 Å². The molecule has 122 valence electrons. The third-order valence-corrected chi connectivity index (χ3v) is 4.57. The summed E-state index contributed by atoms with van der Waals surface area (Å²) in [6.45, 7) is 6.90. The summed E-state index contributed by atoms with van der Waals surface area (Å²) in [5.74, 6) is 2.28. The molecule has 1 saturated carbocycles. The van der Waals surface area contributed by atoms with Gasteiger partial charge in [0.15, 0.2) is 11.5 Å². The Bertz CT molecular complexity index is 505. The minimum atomic E-state index is -0.0331. The highest BCUT2D eigenvalue weighted by atomic mass is 16.5. The smallest absolute Gasteiger partial charge is 0.251 e. The zero-order chi connectivity index (χ0) is 16.1. The Labute approximate surface area is 133 Å². The molecule has 4 nitrogen and oxygen atoms in total. The van der Waals surface area contributed by atoms with E-state index in [1.54, 1.807) is 25.3 Å². The molecule has 2 atom stereocenters. The van der Waals surface area contributed by atoms with E-state index in [0.29, 0.717) is 35.5 Å². The Morgan fingerprint density at radius 1 is 1.23 bits per heavy atom. The lowest BCUT2D eigenvalue weighted by atomic mass is 9.78. The van der Waals surface area contributed by atoms with Gasteiger partial charge in [0.05, 0.1) is 13.7 Å². The van der Waals surface area contributed by atoms with Gasteiger partial charge in [0, 0.05) is 11.6 Å². The fraction of sp³-hybridized carbons (Fsp3) is 0.611. The number of nitrogens with one attached hydrogen (secondary N) is 1. The van der Waals surface area contributed by atoms with Gasteiger partial charge in [0.2, 0.25) is 0 Å². The van der Waals surface area contributed by atoms with Crippen LogP contribution in [0.3, 0.4) is 0 Å². The highest BCUT2D eigenvalue weighted by Crippen LogP contribution is 2.30. The topological polar surface area (TPSA) is 47.6 Å². The number of amides is 1. The van der Waals surface area contributed by atoms with Crippen LogP contribution >= 0.6 is 0 Å². The first-order chi connectivity index (χ1) is 10.6. The molecule has 1 N–H and O–H groups in total. The van der Waals surface area contributed by atoms with E-state index in [9.17, 15) is 4.79 Å². The second kappa shape index (κ2) is 7.52. The normalized spacial score (nSPS) is 24.6. The molecule has 1 aromatic rings. The predicted molar refractivity (Wildman–Crippen MR) is 87.6 cm³/mol. The third-order valence-electron chi connectivity index (χ3n) is 4.57. The van der Waals surface area contributed by atoms with Crippen LogP contribution in [0.1, 0.15) is 50.4 Å². The van der Waals surface area contributed by atoms with E-state index in [2.05, 4.69) is 19.2 Å². The van der Waals surface area contributed by atoms with Crippen LogP contribution in [-0.2, 0) is 0 Å². The van der Waals surface area contributed by atoms with Gasteiger partial charge in [-0.3, -0.25) is 4.79 Å². The summed E-state index contributed by atoms with van der Waals surface area (Å²) >= 11 is 0. The highest BCUT2D eigenvalue weighted by Gasteiger charge is 2.29. The number of rotatable bonds is 5. The molecule has 1 fully saturated rings. The quantitative estimate of drug-likeness (QED) is 0.903. The van der Waals surface area contributed by atoms with Gasteiger partial charge in [-0.15, -0.1) is 0 Å². The fourth-order valence-corrected chi connectivity index (χ4v) is 3.29. The lowest BCUT2D eigenvalue weighted by Gasteiger charge is -2.35. The van der Waals surface area contributed by atoms with Crippen molar-refractivity contribution in [2.75, 3.05) is 13.7 Å². The standard InChI is InChI=1S/C18H27NO3/c1-5-22-16-11-14(9-10-15(16)21-4)18(20)19-17-12(2)7-6-8-13(17)3/h9-13,17H,5-8H2,1-4H3,(H,19,20). The predicted octanol–water partition coefficient (Wildman–Crippen LogP) is 3.65. The zero-order valence-corrected chi connectivity index (χ0v) is 14.0. The number of methoxy groups -OCH3 is 1. The first kappa shape index (κ1) is 16.7. The summed E-state index contributed by atoms with van der Waals surface area (Å²) in [7, 11) is 1.60. The van der Waals surface area contributed by atoms with Gasteiger partial charge < -0.3 is 14.8 Å². The van der Waals surface area contributed by atoms with Crippen molar-refractivity contribution in [2.24, 2.45) is 11.8 Å².